The van der Waals surface area contributed by atoms with Gasteiger partial charge in [-0.05, 0) is 53.9 Å². The quantitative estimate of drug-likeness (QED) is 0.295. The molecular formula is C34H41BrFN5O8. The summed E-state index contributed by atoms with van der Waals surface area (Å²) >= 11 is 3.23. The van der Waals surface area contributed by atoms with E-state index in [2.05, 4.69) is 36.5 Å². The number of halogens is 2. The van der Waals surface area contributed by atoms with E-state index in [4.69, 9.17) is 13.9 Å². The lowest BCUT2D eigenvalue weighted by Gasteiger charge is -2.30. The largest absolute Gasteiger partial charge is 0.460 e. The SMILES string of the molecule is CC1=C\[C@@H](O)C[C@@H](F)Cc2nc(co2)C(=O)N2CCC[C@@H]2C(=O)O[C@H]([C@H](C)COC(=O)Nc2ccc(Br)nc2)[C@H](C)/C=C/C(=O)NC\C=C\1. The van der Waals surface area contributed by atoms with E-state index in [1.54, 1.807) is 51.1 Å². The number of oxazole rings is 1. The van der Waals surface area contributed by atoms with Crippen LogP contribution in [0, 0.1) is 11.8 Å². The highest BCUT2D eigenvalue weighted by atomic mass is 79.9. The van der Waals surface area contributed by atoms with Gasteiger partial charge in [0, 0.05) is 31.3 Å². The van der Waals surface area contributed by atoms with Crippen LogP contribution >= 0.6 is 15.9 Å². The number of carbonyl (C=O) groups is 4. The highest BCUT2D eigenvalue weighted by molar-refractivity contribution is 9.10. The Kier molecular flexibility index (Phi) is 13.6. The molecule has 6 atom stereocenters. The topological polar surface area (TPSA) is 173 Å². The fourth-order valence-corrected chi connectivity index (χ4v) is 5.77. The molecule has 4 heterocycles. The zero-order valence-corrected chi connectivity index (χ0v) is 29.1. The van der Waals surface area contributed by atoms with E-state index in [1.165, 1.54) is 23.2 Å². The summed E-state index contributed by atoms with van der Waals surface area (Å²) in [5, 5.41) is 15.6. The Bertz CT molecular complexity index is 1560. The van der Waals surface area contributed by atoms with Gasteiger partial charge in [0.05, 0.1) is 31.0 Å². The molecule has 0 unspecified atom stereocenters. The highest BCUT2D eigenvalue weighted by Gasteiger charge is 2.39. The Morgan fingerprint density at radius 3 is 2.84 bits per heavy atom. The molecule has 49 heavy (non-hydrogen) atoms. The fourth-order valence-electron chi connectivity index (χ4n) is 5.54. The Morgan fingerprint density at radius 1 is 1.29 bits per heavy atom. The smallest absolute Gasteiger partial charge is 0.411 e. The number of amides is 3. The van der Waals surface area contributed by atoms with Gasteiger partial charge < -0.3 is 29.2 Å². The maximum absolute atomic E-state index is 14.8. The minimum Gasteiger partial charge on any atom is -0.460 e. The van der Waals surface area contributed by atoms with Crippen LogP contribution in [0.1, 0.15) is 56.4 Å². The molecule has 2 aliphatic rings. The molecule has 2 aromatic rings. The number of aliphatic hydroxyl groups excluding tert-OH is 1. The van der Waals surface area contributed by atoms with Crippen molar-refractivity contribution in [3.05, 3.63) is 76.7 Å². The number of hydrogen-bond donors (Lipinski definition) is 3. The van der Waals surface area contributed by atoms with Crippen molar-refractivity contribution in [2.75, 3.05) is 25.0 Å². The van der Waals surface area contributed by atoms with Crippen molar-refractivity contribution in [3.8, 4) is 0 Å². The van der Waals surface area contributed by atoms with Gasteiger partial charge in [0.1, 0.15) is 29.2 Å². The maximum Gasteiger partial charge on any atom is 0.411 e. The van der Waals surface area contributed by atoms with E-state index >= 15 is 0 Å². The van der Waals surface area contributed by atoms with Crippen LogP contribution in [0.3, 0.4) is 0 Å². The van der Waals surface area contributed by atoms with Crippen molar-refractivity contribution in [1.29, 1.82) is 0 Å². The Balaban J connectivity index is 1.53. The van der Waals surface area contributed by atoms with Crippen molar-refractivity contribution in [2.24, 2.45) is 11.8 Å². The molecule has 2 bridgehead atoms. The van der Waals surface area contributed by atoms with E-state index in [-0.39, 0.29) is 44.1 Å². The average molecular weight is 747 g/mol. The van der Waals surface area contributed by atoms with Crippen LogP contribution in [-0.4, -0.2) is 88.0 Å². The van der Waals surface area contributed by atoms with E-state index in [0.717, 1.165) is 6.26 Å². The van der Waals surface area contributed by atoms with E-state index in [9.17, 15) is 28.7 Å². The number of aliphatic hydroxyl groups is 1. The third kappa shape index (κ3) is 11.3. The zero-order chi connectivity index (χ0) is 35.5. The molecular weight excluding hydrogens is 705 g/mol. The molecule has 4 rings (SSSR count). The van der Waals surface area contributed by atoms with E-state index < -0.39 is 60.1 Å². The first-order valence-electron chi connectivity index (χ1n) is 16.0. The molecule has 13 nitrogen and oxygen atoms in total. The number of hydrogen-bond acceptors (Lipinski definition) is 10. The monoisotopic (exact) mass is 745 g/mol. The lowest BCUT2D eigenvalue weighted by molar-refractivity contribution is -0.159. The summed E-state index contributed by atoms with van der Waals surface area (Å²) in [6.45, 7) is 5.57. The maximum atomic E-state index is 14.8. The van der Waals surface area contributed by atoms with Gasteiger partial charge in [0.2, 0.25) is 5.91 Å². The molecule has 0 radical (unpaired) electrons. The number of nitrogens with one attached hydrogen (secondary N) is 2. The Morgan fingerprint density at radius 2 is 2.08 bits per heavy atom. The lowest BCUT2D eigenvalue weighted by atomic mass is 9.93. The highest BCUT2D eigenvalue weighted by Crippen LogP contribution is 2.26. The molecule has 1 saturated heterocycles. The predicted molar refractivity (Wildman–Crippen MR) is 180 cm³/mol. The van der Waals surface area contributed by atoms with Crippen LogP contribution in [0.25, 0.3) is 0 Å². The van der Waals surface area contributed by atoms with Crippen LogP contribution in [0.15, 0.2) is 69.6 Å². The van der Waals surface area contributed by atoms with Gasteiger partial charge in [-0.3, -0.25) is 14.9 Å². The van der Waals surface area contributed by atoms with Crippen molar-refractivity contribution in [1.82, 2.24) is 20.2 Å². The van der Waals surface area contributed by atoms with Gasteiger partial charge in [0.25, 0.3) is 5.91 Å². The number of ether oxygens (including phenoxy) is 2. The number of cyclic esters (lactones) is 1. The number of nitrogens with zero attached hydrogens (tertiary/aromatic N) is 3. The number of aromatic nitrogens is 2. The third-order valence-corrected chi connectivity index (χ3v) is 8.48. The average Bonchev–Trinajstić information content (AvgIpc) is 3.74. The lowest BCUT2D eigenvalue weighted by Crippen LogP contribution is -2.44. The number of anilines is 1. The zero-order valence-electron chi connectivity index (χ0n) is 27.5. The molecule has 0 spiro atoms. The van der Waals surface area contributed by atoms with Crippen LogP contribution in [0.5, 0.6) is 0 Å². The van der Waals surface area contributed by atoms with Crippen molar-refractivity contribution < 1.29 is 42.6 Å². The predicted octanol–water partition coefficient (Wildman–Crippen LogP) is 4.69. The molecule has 3 amide bonds. The van der Waals surface area contributed by atoms with Gasteiger partial charge in [-0.15, -0.1) is 0 Å². The normalized spacial score (nSPS) is 27.5. The summed E-state index contributed by atoms with van der Waals surface area (Å²) in [6, 6.07) is 2.38. The number of carbonyl (C=O) groups excluding carboxylic acids is 4. The van der Waals surface area contributed by atoms with Crippen molar-refractivity contribution in [2.45, 2.75) is 70.9 Å². The number of esters is 1. The number of alkyl halides is 1. The second-order valence-electron chi connectivity index (χ2n) is 12.1. The fraction of sp³-hybridized carbons (Fsp3) is 0.471. The Hall–Kier alpha value is -4.37. The number of pyridine rings is 1. The molecule has 0 aromatic carbocycles. The number of allylic oxidation sites excluding steroid dienone is 2. The van der Waals surface area contributed by atoms with Gasteiger partial charge >= 0.3 is 12.1 Å². The first kappa shape index (κ1) is 37.4. The first-order chi connectivity index (χ1) is 23.4. The van der Waals surface area contributed by atoms with E-state index in [0.29, 0.717) is 28.7 Å². The minimum atomic E-state index is -1.50. The standard InChI is InChI=1S/C34H41BrFN5O8/c1-20-6-4-12-37-29(43)11-8-21(2)31(22(3)18-48-34(46)39-24-9-10-28(35)38-17-24)49-33(45)27-7-5-13-41(27)32(44)26-19-47-30(40-26)16-23(36)15-25(42)14-20/h4,6,8-11,14,17,19,21-23,25,27,31,42H,5,7,12-13,15-16,18H2,1-3H3,(H,37,43)(H,39,46)/b6-4+,11-8+,20-14+/t21-,22-,23-,25-,27-,31+/m1/s1. The molecule has 3 N–H and O–H groups in total. The summed E-state index contributed by atoms with van der Waals surface area (Å²) in [4.78, 5) is 61.7. The summed E-state index contributed by atoms with van der Waals surface area (Å²) in [6.07, 6.45) is 6.65. The molecule has 264 valence electrons. The first-order valence-corrected chi connectivity index (χ1v) is 16.8. The van der Waals surface area contributed by atoms with E-state index in [1.807, 2.05) is 0 Å². The van der Waals surface area contributed by atoms with Gasteiger partial charge in [-0.1, -0.05) is 43.7 Å². The van der Waals surface area contributed by atoms with Crippen LogP contribution in [-0.2, 0) is 25.5 Å². The van der Waals surface area contributed by atoms with Gasteiger partial charge in [-0.25, -0.2) is 23.9 Å². The second-order valence-corrected chi connectivity index (χ2v) is 12.9. The van der Waals surface area contributed by atoms with Crippen molar-refractivity contribution in [3.63, 3.8) is 0 Å². The van der Waals surface area contributed by atoms with Crippen LogP contribution < -0.4 is 10.6 Å². The summed E-state index contributed by atoms with van der Waals surface area (Å²) in [5.74, 6) is -2.66. The molecule has 0 saturated carbocycles. The van der Waals surface area contributed by atoms with Crippen LogP contribution in [0.4, 0.5) is 14.9 Å². The van der Waals surface area contributed by atoms with Crippen LogP contribution in [0.2, 0.25) is 0 Å². The number of fused-ring (bicyclic) bond motifs is 3. The van der Waals surface area contributed by atoms with Crippen molar-refractivity contribution >= 4 is 45.5 Å². The van der Waals surface area contributed by atoms with Gasteiger partial charge in [0.15, 0.2) is 11.6 Å². The molecule has 2 aliphatic heterocycles. The third-order valence-electron chi connectivity index (χ3n) is 8.01. The summed E-state index contributed by atoms with van der Waals surface area (Å²) in [5.41, 5.74) is 1.02. The summed E-state index contributed by atoms with van der Waals surface area (Å²) < 4.78 is 32.2. The molecule has 15 heteroatoms. The molecule has 2 aromatic heterocycles. The number of rotatable bonds is 4. The minimum absolute atomic E-state index is 0.00830. The summed E-state index contributed by atoms with van der Waals surface area (Å²) in [7, 11) is 0. The molecule has 0 aliphatic carbocycles. The second kappa shape index (κ2) is 17.9. The Labute approximate surface area is 292 Å². The van der Waals surface area contributed by atoms with Gasteiger partial charge in [-0.2, -0.15) is 0 Å². The molecule has 1 fully saturated rings.